The van der Waals surface area contributed by atoms with Crippen LogP contribution in [0.15, 0.2) is 23.1 Å². The molecule has 1 saturated heterocycles. The van der Waals surface area contributed by atoms with Gasteiger partial charge in [-0.2, -0.15) is 4.31 Å². The maximum absolute atomic E-state index is 12.8. The second-order valence-electron chi connectivity index (χ2n) is 5.17. The molecular formula is C13H18N2O6S. The average Bonchev–Trinajstić information content (AvgIpc) is 2.45. The molecule has 1 aromatic rings. The smallest absolute Gasteiger partial charge is 0.273 e. The molecule has 8 nitrogen and oxygen atoms in total. The minimum Gasteiger partial charge on any atom is -0.495 e. The lowest BCUT2D eigenvalue weighted by atomic mass is 10.3. The van der Waals surface area contributed by atoms with Gasteiger partial charge in [0.15, 0.2) is 0 Å². The Balaban J connectivity index is 2.42. The number of hydrogen-bond acceptors (Lipinski definition) is 6. The topological polar surface area (TPSA) is 99.0 Å². The van der Waals surface area contributed by atoms with Crippen molar-refractivity contribution in [2.24, 2.45) is 0 Å². The highest BCUT2D eigenvalue weighted by Crippen LogP contribution is 2.31. The highest BCUT2D eigenvalue weighted by Gasteiger charge is 2.34. The van der Waals surface area contributed by atoms with Crippen molar-refractivity contribution in [1.29, 1.82) is 0 Å². The van der Waals surface area contributed by atoms with Crippen LogP contribution in [0.3, 0.4) is 0 Å². The molecule has 0 unspecified atom stereocenters. The molecule has 122 valence electrons. The molecule has 0 spiro atoms. The van der Waals surface area contributed by atoms with Gasteiger partial charge in [0.05, 0.1) is 30.3 Å². The summed E-state index contributed by atoms with van der Waals surface area (Å²) in [7, 11) is -2.53. The van der Waals surface area contributed by atoms with Crippen LogP contribution in [0.5, 0.6) is 5.75 Å². The molecule has 1 aromatic carbocycles. The van der Waals surface area contributed by atoms with Gasteiger partial charge in [-0.05, 0) is 19.9 Å². The second kappa shape index (κ2) is 6.19. The first-order valence-electron chi connectivity index (χ1n) is 6.73. The molecule has 9 heteroatoms. The second-order valence-corrected chi connectivity index (χ2v) is 7.08. The highest BCUT2D eigenvalue weighted by atomic mass is 32.2. The lowest BCUT2D eigenvalue weighted by Gasteiger charge is -2.34. The third kappa shape index (κ3) is 3.21. The third-order valence-electron chi connectivity index (χ3n) is 3.36. The number of benzene rings is 1. The number of sulfonamides is 1. The molecule has 0 bridgehead atoms. The minimum atomic E-state index is -3.81. The van der Waals surface area contributed by atoms with Gasteiger partial charge in [-0.15, -0.1) is 0 Å². The molecule has 0 radical (unpaired) electrons. The van der Waals surface area contributed by atoms with Crippen molar-refractivity contribution in [1.82, 2.24) is 4.31 Å². The fraction of sp³-hybridized carbons (Fsp3) is 0.538. The minimum absolute atomic E-state index is 0.0407. The van der Waals surface area contributed by atoms with Gasteiger partial charge in [-0.3, -0.25) is 10.1 Å². The van der Waals surface area contributed by atoms with E-state index in [0.717, 1.165) is 12.1 Å². The Hall–Kier alpha value is -1.71. The lowest BCUT2D eigenvalue weighted by Crippen LogP contribution is -2.48. The van der Waals surface area contributed by atoms with E-state index in [-0.39, 0.29) is 41.6 Å². The van der Waals surface area contributed by atoms with E-state index in [2.05, 4.69) is 0 Å². The number of nitro groups is 1. The summed E-state index contributed by atoms with van der Waals surface area (Å²) in [5, 5.41) is 10.8. The highest BCUT2D eigenvalue weighted by molar-refractivity contribution is 7.89. The Morgan fingerprint density at radius 3 is 2.41 bits per heavy atom. The summed E-state index contributed by atoms with van der Waals surface area (Å²) in [6, 6.07) is 3.47. The first-order valence-corrected chi connectivity index (χ1v) is 8.17. The van der Waals surface area contributed by atoms with E-state index >= 15 is 0 Å². The number of ether oxygens (including phenoxy) is 2. The van der Waals surface area contributed by atoms with Crippen LogP contribution in [-0.4, -0.2) is 50.1 Å². The molecule has 2 rings (SSSR count). The maximum Gasteiger partial charge on any atom is 0.273 e. The quantitative estimate of drug-likeness (QED) is 0.611. The number of nitro benzene ring substituents is 1. The predicted octanol–water partition coefficient (Wildman–Crippen LogP) is 1.40. The Bertz CT molecular complexity index is 665. The summed E-state index contributed by atoms with van der Waals surface area (Å²) in [4.78, 5) is 10.1. The molecular weight excluding hydrogens is 312 g/mol. The molecule has 0 amide bonds. The van der Waals surface area contributed by atoms with E-state index in [9.17, 15) is 18.5 Å². The molecule has 1 fully saturated rings. The van der Waals surface area contributed by atoms with Crippen LogP contribution in [0.25, 0.3) is 0 Å². The lowest BCUT2D eigenvalue weighted by molar-refractivity contribution is -0.385. The number of morpholine rings is 1. The Labute approximate surface area is 128 Å². The molecule has 0 aliphatic carbocycles. The van der Waals surface area contributed by atoms with E-state index in [1.165, 1.54) is 17.5 Å². The van der Waals surface area contributed by atoms with Crippen LogP contribution in [0.1, 0.15) is 13.8 Å². The molecule has 2 atom stereocenters. The van der Waals surface area contributed by atoms with E-state index in [1.54, 1.807) is 13.8 Å². The molecule has 0 saturated carbocycles. The van der Waals surface area contributed by atoms with Gasteiger partial charge in [-0.1, -0.05) is 0 Å². The SMILES string of the molecule is COc1cc([N+](=O)[O-])ccc1S(=O)(=O)N1C[C@@H](C)O[C@@H](C)C1. The number of rotatable bonds is 4. The zero-order chi connectivity index (χ0) is 16.5. The summed E-state index contributed by atoms with van der Waals surface area (Å²) < 4.78 is 37.4. The van der Waals surface area contributed by atoms with E-state index in [1.807, 2.05) is 0 Å². The first-order chi connectivity index (χ1) is 10.3. The number of nitrogens with zero attached hydrogens (tertiary/aromatic N) is 2. The van der Waals surface area contributed by atoms with Gasteiger partial charge in [0.25, 0.3) is 5.69 Å². The molecule has 0 aromatic heterocycles. The van der Waals surface area contributed by atoms with E-state index in [0.29, 0.717) is 0 Å². The Morgan fingerprint density at radius 2 is 1.91 bits per heavy atom. The molecule has 1 heterocycles. The van der Waals surface area contributed by atoms with E-state index < -0.39 is 14.9 Å². The van der Waals surface area contributed by atoms with Gasteiger partial charge in [0, 0.05) is 19.2 Å². The number of methoxy groups -OCH3 is 1. The van der Waals surface area contributed by atoms with Crippen LogP contribution in [0.2, 0.25) is 0 Å². The van der Waals surface area contributed by atoms with Crippen molar-refractivity contribution in [2.45, 2.75) is 31.0 Å². The van der Waals surface area contributed by atoms with Crippen LogP contribution in [0, 0.1) is 10.1 Å². The van der Waals surface area contributed by atoms with Crippen LogP contribution in [0.4, 0.5) is 5.69 Å². The van der Waals surface area contributed by atoms with E-state index in [4.69, 9.17) is 9.47 Å². The van der Waals surface area contributed by atoms with Gasteiger partial charge >= 0.3 is 0 Å². The van der Waals surface area contributed by atoms with Crippen molar-refractivity contribution in [3.63, 3.8) is 0 Å². The fourth-order valence-electron chi connectivity index (χ4n) is 2.45. The third-order valence-corrected chi connectivity index (χ3v) is 5.23. The molecule has 22 heavy (non-hydrogen) atoms. The summed E-state index contributed by atoms with van der Waals surface area (Å²) in [6.07, 6.45) is -0.440. The van der Waals surface area contributed by atoms with Gasteiger partial charge in [-0.25, -0.2) is 8.42 Å². The van der Waals surface area contributed by atoms with Gasteiger partial charge in [0.2, 0.25) is 10.0 Å². The van der Waals surface area contributed by atoms with Crippen molar-refractivity contribution in [3.05, 3.63) is 28.3 Å². The fourth-order valence-corrected chi connectivity index (χ4v) is 4.18. The summed E-state index contributed by atoms with van der Waals surface area (Å²) in [6.45, 7) is 4.05. The standard InChI is InChI=1S/C13H18N2O6S/c1-9-7-14(8-10(2)21-9)22(18,19)13-5-4-11(15(16)17)6-12(13)20-3/h4-6,9-10H,7-8H2,1-3H3/t9-,10+. The van der Waals surface area contributed by atoms with Crippen molar-refractivity contribution < 1.29 is 22.8 Å². The first kappa shape index (κ1) is 16.7. The van der Waals surface area contributed by atoms with Crippen molar-refractivity contribution >= 4 is 15.7 Å². The number of non-ortho nitro benzene ring substituents is 1. The summed E-state index contributed by atoms with van der Waals surface area (Å²) in [5.74, 6) is -0.0407. The normalized spacial score (nSPS) is 23.2. The zero-order valence-corrected chi connectivity index (χ0v) is 13.4. The van der Waals surface area contributed by atoms with Crippen LogP contribution in [-0.2, 0) is 14.8 Å². The summed E-state index contributed by atoms with van der Waals surface area (Å²) >= 11 is 0. The molecule has 1 aliphatic heterocycles. The largest absolute Gasteiger partial charge is 0.495 e. The predicted molar refractivity (Wildman–Crippen MR) is 78.4 cm³/mol. The van der Waals surface area contributed by atoms with Crippen LogP contribution < -0.4 is 4.74 Å². The maximum atomic E-state index is 12.8. The molecule has 1 aliphatic rings. The zero-order valence-electron chi connectivity index (χ0n) is 12.6. The monoisotopic (exact) mass is 330 g/mol. The summed E-state index contributed by atoms with van der Waals surface area (Å²) in [5.41, 5.74) is -0.223. The Kier molecular flexibility index (Phi) is 4.69. The van der Waals surface area contributed by atoms with Gasteiger partial charge < -0.3 is 9.47 Å². The number of hydrogen-bond donors (Lipinski definition) is 0. The Morgan fingerprint density at radius 1 is 1.32 bits per heavy atom. The molecule has 0 N–H and O–H groups in total. The van der Waals surface area contributed by atoms with Crippen molar-refractivity contribution in [2.75, 3.05) is 20.2 Å². The van der Waals surface area contributed by atoms with Crippen molar-refractivity contribution in [3.8, 4) is 5.75 Å². The van der Waals surface area contributed by atoms with Crippen LogP contribution >= 0.6 is 0 Å². The average molecular weight is 330 g/mol. The van der Waals surface area contributed by atoms with Gasteiger partial charge in [0.1, 0.15) is 10.6 Å².